The fourth-order valence-corrected chi connectivity index (χ4v) is 3.55. The molecule has 0 bridgehead atoms. The predicted molar refractivity (Wildman–Crippen MR) is 82.4 cm³/mol. The van der Waals surface area contributed by atoms with Crippen LogP contribution in [-0.2, 0) is 4.79 Å². The number of rotatable bonds is 6. The number of nitrogens with zero attached hydrogens (tertiary/aromatic N) is 3. The summed E-state index contributed by atoms with van der Waals surface area (Å²) in [5.41, 5.74) is 0.865. The van der Waals surface area contributed by atoms with Crippen molar-refractivity contribution in [3.63, 3.8) is 0 Å². The number of fused-ring (bicyclic) bond motifs is 2. The van der Waals surface area contributed by atoms with Gasteiger partial charge in [0, 0.05) is 13.0 Å². The lowest BCUT2D eigenvalue weighted by molar-refractivity contribution is -1.22. The van der Waals surface area contributed by atoms with E-state index in [9.17, 15) is 9.70 Å². The summed E-state index contributed by atoms with van der Waals surface area (Å²) >= 11 is 0. The van der Waals surface area contributed by atoms with E-state index in [-0.39, 0.29) is 16.5 Å². The molecule has 22 heavy (non-hydrogen) atoms. The lowest BCUT2D eigenvalue weighted by atomic mass is 10.1. The third kappa shape index (κ3) is 2.03. The predicted octanol–water partition coefficient (Wildman–Crippen LogP) is 1.17. The van der Waals surface area contributed by atoms with Crippen LogP contribution in [0.5, 0.6) is 0 Å². The molecule has 2 N–H and O–H groups in total. The third-order valence-corrected chi connectivity index (χ3v) is 4.67. The number of quaternary nitrogens is 1. The number of nitrogens with one attached hydrogen (secondary N) is 2. The smallest absolute Gasteiger partial charge is 0.277 e. The molecule has 1 amide bonds. The van der Waals surface area contributed by atoms with Crippen LogP contribution in [0.2, 0.25) is 0 Å². The van der Waals surface area contributed by atoms with Gasteiger partial charge in [0.15, 0.2) is 16.5 Å². The Morgan fingerprint density at radius 3 is 2.86 bits per heavy atom. The van der Waals surface area contributed by atoms with Gasteiger partial charge in [-0.2, -0.15) is 0 Å². The molecule has 7 nitrogen and oxygen atoms in total. The summed E-state index contributed by atoms with van der Waals surface area (Å²) in [6.45, 7) is 5.83. The summed E-state index contributed by atoms with van der Waals surface area (Å²) in [7, 11) is 0. The number of unbranched alkanes of at least 4 members (excludes halogenated alkanes) is 2. The number of amidine groups is 1. The Bertz CT molecular complexity index is 568. The minimum Gasteiger partial charge on any atom is -0.277 e. The summed E-state index contributed by atoms with van der Waals surface area (Å²) in [6, 6.07) is -0.367. The zero-order valence-corrected chi connectivity index (χ0v) is 13.4. The highest BCUT2D eigenvalue weighted by molar-refractivity contribution is 6.05. The molecule has 0 radical (unpaired) electrons. The quantitative estimate of drug-likeness (QED) is 0.439. The summed E-state index contributed by atoms with van der Waals surface area (Å²) in [5.74, 6) is 1.14. The highest BCUT2D eigenvalue weighted by atomic mass is 16.4. The van der Waals surface area contributed by atoms with E-state index in [1.165, 1.54) is 0 Å². The molecule has 7 heteroatoms. The number of amides is 1. The lowest BCUT2D eigenvalue weighted by Crippen LogP contribution is -2.58. The molecule has 2 unspecified atom stereocenters. The van der Waals surface area contributed by atoms with E-state index in [2.05, 4.69) is 22.5 Å². The lowest BCUT2D eigenvalue weighted by Gasteiger charge is -2.20. The number of aliphatic imine (C=N–C) groups is 1. The third-order valence-electron chi connectivity index (χ3n) is 4.67. The van der Waals surface area contributed by atoms with Gasteiger partial charge in [-0.05, 0) is 22.3 Å². The van der Waals surface area contributed by atoms with Gasteiger partial charge in [0.05, 0.1) is 0 Å². The Morgan fingerprint density at radius 1 is 1.32 bits per heavy atom. The maximum Gasteiger partial charge on any atom is 0.389 e. The van der Waals surface area contributed by atoms with E-state index in [1.807, 2.05) is 6.92 Å². The van der Waals surface area contributed by atoms with Gasteiger partial charge in [-0.25, -0.2) is 9.79 Å². The van der Waals surface area contributed by atoms with Gasteiger partial charge >= 0.3 is 11.7 Å². The van der Waals surface area contributed by atoms with Gasteiger partial charge in [-0.3, -0.25) is 10.6 Å². The molecule has 0 aromatic heterocycles. The van der Waals surface area contributed by atoms with Crippen molar-refractivity contribution >= 4 is 11.7 Å². The maximum atomic E-state index is 13.0. The number of nitroso groups, excluding NO2 is 1. The van der Waals surface area contributed by atoms with Crippen LogP contribution < -0.4 is 10.6 Å². The Kier molecular flexibility index (Phi) is 4.10. The number of hydrogen-bond donors (Lipinski definition) is 2. The molecule has 0 aromatic carbocycles. The summed E-state index contributed by atoms with van der Waals surface area (Å²) in [4.78, 5) is 31.5. The second kappa shape index (κ2) is 5.89. The van der Waals surface area contributed by atoms with Crippen LogP contribution in [0.25, 0.3) is 0 Å². The fourth-order valence-electron chi connectivity index (χ4n) is 3.55. The zero-order chi connectivity index (χ0) is 15.7. The molecule has 0 saturated carbocycles. The van der Waals surface area contributed by atoms with Gasteiger partial charge in [-0.15, -0.1) is 0 Å². The first-order chi connectivity index (χ1) is 10.7. The van der Waals surface area contributed by atoms with Crippen molar-refractivity contribution in [2.75, 3.05) is 19.8 Å². The molecule has 0 aliphatic carbocycles. The maximum absolute atomic E-state index is 13.0. The zero-order valence-electron chi connectivity index (χ0n) is 13.4. The highest BCUT2D eigenvalue weighted by Gasteiger charge is 2.68. The molecular weight excluding hydrogens is 282 g/mol. The van der Waals surface area contributed by atoms with Crippen molar-refractivity contribution in [2.24, 2.45) is 4.99 Å². The van der Waals surface area contributed by atoms with Gasteiger partial charge < -0.3 is 0 Å². The highest BCUT2D eigenvalue weighted by Crippen LogP contribution is 2.36. The van der Waals surface area contributed by atoms with Crippen LogP contribution in [0.3, 0.4) is 0 Å². The van der Waals surface area contributed by atoms with Crippen LogP contribution in [0.4, 0.5) is 0 Å². The first kappa shape index (κ1) is 15.3. The molecule has 120 valence electrons. The van der Waals surface area contributed by atoms with Crippen molar-refractivity contribution in [1.82, 2.24) is 10.6 Å². The van der Waals surface area contributed by atoms with Crippen LogP contribution in [0, 0.1) is 4.91 Å². The molecule has 3 rings (SSSR count). The average molecular weight is 307 g/mol. The van der Waals surface area contributed by atoms with Crippen LogP contribution in [0.15, 0.2) is 16.4 Å². The van der Waals surface area contributed by atoms with E-state index in [4.69, 9.17) is 0 Å². The molecular formula is C15H25N5O2+2. The topological polar surface area (TPSA) is 73.6 Å². The Hall–Kier alpha value is -1.60. The van der Waals surface area contributed by atoms with Crippen molar-refractivity contribution < 1.29 is 14.3 Å². The molecule has 0 fully saturated rings. The Morgan fingerprint density at radius 2 is 2.14 bits per heavy atom. The molecule has 3 aliphatic heterocycles. The van der Waals surface area contributed by atoms with E-state index < -0.39 is 0 Å². The Labute approximate surface area is 130 Å². The van der Waals surface area contributed by atoms with Crippen molar-refractivity contribution in [1.29, 1.82) is 0 Å². The monoisotopic (exact) mass is 307 g/mol. The Balaban J connectivity index is 1.99. The van der Waals surface area contributed by atoms with Crippen LogP contribution in [0.1, 0.15) is 46.0 Å². The standard InChI is InChI=1S/C15H25N5O2/c1-3-5-6-8-20-14(18-12(7-4-2)15(20)21)11-9-16-10-17-13(11)19(20)22/h12,16-17H,3-10H2,1-2H3/q+2. The van der Waals surface area contributed by atoms with Crippen molar-refractivity contribution in [3.05, 3.63) is 16.3 Å². The minimum absolute atomic E-state index is 0.0563. The van der Waals surface area contributed by atoms with Gasteiger partial charge in [0.2, 0.25) is 0 Å². The summed E-state index contributed by atoms with van der Waals surface area (Å²) < 4.78 is -0.246. The van der Waals surface area contributed by atoms with Crippen molar-refractivity contribution in [3.8, 4) is 0 Å². The second-order valence-corrected chi connectivity index (χ2v) is 6.18. The first-order valence-corrected chi connectivity index (χ1v) is 8.33. The SMILES string of the molecule is CCCCC[N+]12C(=O)C(CCC)N=C1C1=C(NCNC1)[N+]2=O. The average Bonchev–Trinajstić information content (AvgIpc) is 2.94. The van der Waals surface area contributed by atoms with Crippen molar-refractivity contribution in [2.45, 2.75) is 52.0 Å². The normalized spacial score (nSPS) is 30.3. The number of carbonyl (C=O) groups excluding carboxylic acids is 1. The molecule has 0 saturated heterocycles. The van der Waals surface area contributed by atoms with E-state index in [1.54, 1.807) is 0 Å². The van der Waals surface area contributed by atoms with Crippen LogP contribution in [-0.4, -0.2) is 47.0 Å². The number of hydrogen-bond acceptors (Lipinski definition) is 5. The minimum atomic E-state index is -0.367. The van der Waals surface area contributed by atoms with E-state index >= 15 is 0 Å². The molecule has 3 aliphatic rings. The van der Waals surface area contributed by atoms with E-state index in [0.29, 0.717) is 37.8 Å². The fraction of sp³-hybridized carbons (Fsp3) is 0.733. The largest absolute Gasteiger partial charge is 0.389 e. The van der Waals surface area contributed by atoms with Gasteiger partial charge in [0.1, 0.15) is 13.2 Å². The summed E-state index contributed by atoms with van der Waals surface area (Å²) in [6.07, 6.45) is 4.54. The van der Waals surface area contributed by atoms with Gasteiger partial charge in [0.25, 0.3) is 5.84 Å². The molecule has 0 spiro atoms. The number of carbonyl (C=O) groups is 1. The van der Waals surface area contributed by atoms with E-state index in [0.717, 1.165) is 36.1 Å². The van der Waals surface area contributed by atoms with Crippen LogP contribution >= 0.6 is 0 Å². The molecule has 0 aromatic rings. The van der Waals surface area contributed by atoms with Gasteiger partial charge in [-0.1, -0.05) is 26.7 Å². The summed E-state index contributed by atoms with van der Waals surface area (Å²) in [5, 5.41) is 6.27. The molecule has 3 heterocycles. The first-order valence-electron chi connectivity index (χ1n) is 8.33. The molecule has 2 atom stereocenters. The second-order valence-electron chi connectivity index (χ2n) is 6.18.